The summed E-state index contributed by atoms with van der Waals surface area (Å²) in [4.78, 5) is 53.4. The minimum atomic E-state index is -0.622. The van der Waals surface area contributed by atoms with E-state index in [2.05, 4.69) is 35.1 Å². The number of rotatable bonds is 12. The zero-order valence-electron chi connectivity index (χ0n) is 24.5. The number of allylic oxidation sites excluding steroid dienone is 1. The van der Waals surface area contributed by atoms with Crippen LogP contribution < -0.4 is 21.3 Å². The van der Waals surface area contributed by atoms with E-state index in [9.17, 15) is 19.2 Å². The minimum Gasteiger partial charge on any atom is -0.350 e. The zero-order valence-corrected chi connectivity index (χ0v) is 24.5. The van der Waals surface area contributed by atoms with Crippen molar-refractivity contribution in [3.63, 3.8) is 0 Å². The van der Waals surface area contributed by atoms with Crippen molar-refractivity contribution in [3.8, 4) is 0 Å². The van der Waals surface area contributed by atoms with Crippen molar-refractivity contribution >= 4 is 29.3 Å². The summed E-state index contributed by atoms with van der Waals surface area (Å²) in [5.74, 6) is -0.198. The van der Waals surface area contributed by atoms with Crippen molar-refractivity contribution < 1.29 is 19.2 Å². The van der Waals surface area contributed by atoms with Crippen molar-refractivity contribution in [1.29, 1.82) is 0 Å². The molecule has 2 aliphatic heterocycles. The highest BCUT2D eigenvalue weighted by atomic mass is 16.2. The van der Waals surface area contributed by atoms with Crippen LogP contribution >= 0.6 is 0 Å². The second-order valence-electron chi connectivity index (χ2n) is 11.3. The molecule has 3 rings (SSSR count). The second-order valence-corrected chi connectivity index (χ2v) is 11.3. The van der Waals surface area contributed by atoms with Crippen LogP contribution in [0.1, 0.15) is 84.1 Å². The van der Waals surface area contributed by atoms with Crippen molar-refractivity contribution in [2.45, 2.75) is 109 Å². The monoisotopic (exact) mass is 553 g/mol. The predicted molar refractivity (Wildman–Crippen MR) is 157 cm³/mol. The molecule has 1 aromatic rings. The number of nitrogens with zero attached hydrogens (tertiary/aromatic N) is 1. The molecule has 9 nitrogen and oxygen atoms in total. The van der Waals surface area contributed by atoms with E-state index < -0.39 is 18.1 Å². The van der Waals surface area contributed by atoms with Gasteiger partial charge in [0.25, 0.3) is 0 Å². The summed E-state index contributed by atoms with van der Waals surface area (Å²) in [6, 6.07) is 5.84. The first-order valence-corrected chi connectivity index (χ1v) is 14.9. The minimum absolute atomic E-state index is 0.0150. The summed E-state index contributed by atoms with van der Waals surface area (Å²) in [7, 11) is 1.71. The molecule has 2 aliphatic rings. The molecule has 0 aliphatic carbocycles. The van der Waals surface area contributed by atoms with Gasteiger partial charge in [-0.25, -0.2) is 0 Å². The molecule has 4 N–H and O–H groups in total. The van der Waals surface area contributed by atoms with E-state index in [4.69, 9.17) is 0 Å². The molecule has 5 atom stereocenters. The summed E-state index contributed by atoms with van der Waals surface area (Å²) in [6.07, 6.45) is 11.3. The van der Waals surface area contributed by atoms with Gasteiger partial charge in [0.2, 0.25) is 23.6 Å². The van der Waals surface area contributed by atoms with Gasteiger partial charge in [-0.1, -0.05) is 57.7 Å². The topological polar surface area (TPSA) is 120 Å². The summed E-state index contributed by atoms with van der Waals surface area (Å²) < 4.78 is 0. The van der Waals surface area contributed by atoms with Gasteiger partial charge in [0.1, 0.15) is 12.1 Å². The Morgan fingerprint density at radius 3 is 2.62 bits per heavy atom. The third kappa shape index (κ3) is 8.91. The Morgan fingerprint density at radius 2 is 1.88 bits per heavy atom. The Hall–Kier alpha value is -3.20. The lowest BCUT2D eigenvalue weighted by Crippen LogP contribution is -2.57. The van der Waals surface area contributed by atoms with Crippen LogP contribution in [0.2, 0.25) is 0 Å². The number of amides is 4. The Kier molecular flexibility index (Phi) is 12.2. The number of hydrogen-bond donors (Lipinski definition) is 4. The van der Waals surface area contributed by atoms with Crippen LogP contribution in [0, 0.1) is 5.92 Å². The number of nitrogens with one attached hydrogen (secondary N) is 4. The molecule has 2 fully saturated rings. The Balaban J connectivity index is 1.58. The fourth-order valence-corrected chi connectivity index (χ4v) is 5.62. The fraction of sp³-hybridized carbons (Fsp3) is 0.613. The SMILES string of the molecule is CCCC(C)CC=CC(=O)Nc1cccc(CNC(=O)C2CCC3CCCCC(NC(=O)C(C)NC)C(=O)N32)c1. The van der Waals surface area contributed by atoms with E-state index in [1.807, 2.05) is 30.3 Å². The van der Waals surface area contributed by atoms with Gasteiger partial charge in [0.05, 0.1) is 6.04 Å². The summed E-state index contributed by atoms with van der Waals surface area (Å²) >= 11 is 0. The van der Waals surface area contributed by atoms with Crippen LogP contribution in [0.4, 0.5) is 5.69 Å². The summed E-state index contributed by atoms with van der Waals surface area (Å²) in [5.41, 5.74) is 1.52. The molecule has 220 valence electrons. The third-order valence-corrected chi connectivity index (χ3v) is 8.03. The number of carbonyl (C=O) groups is 4. The summed E-state index contributed by atoms with van der Waals surface area (Å²) in [5, 5.41) is 11.7. The average molecular weight is 554 g/mol. The molecular formula is C31H47N5O4. The Labute approximate surface area is 238 Å². The van der Waals surface area contributed by atoms with Crippen LogP contribution in [0.25, 0.3) is 0 Å². The molecule has 9 heteroatoms. The van der Waals surface area contributed by atoms with Crippen molar-refractivity contribution in [2.24, 2.45) is 5.92 Å². The third-order valence-electron chi connectivity index (χ3n) is 8.03. The van der Waals surface area contributed by atoms with Gasteiger partial charge in [-0.05, 0) is 75.8 Å². The van der Waals surface area contributed by atoms with Gasteiger partial charge < -0.3 is 26.2 Å². The first-order chi connectivity index (χ1) is 19.2. The standard InChI is InChI=1S/C31H47N5O4/c1-5-10-21(2)11-8-16-28(37)34-24-13-9-12-23(19-24)20-33-30(39)27-18-17-25-14-6-7-15-26(31(40)36(25)27)35-29(38)22(3)32-4/h8-9,12-13,16,19,21-22,25-27,32H,5-7,10-11,14-15,17-18,20H2,1-4H3,(H,33,39)(H,34,37)(H,35,38). The van der Waals surface area contributed by atoms with Gasteiger partial charge in [0, 0.05) is 18.3 Å². The highest BCUT2D eigenvalue weighted by Gasteiger charge is 2.43. The molecule has 0 aromatic heterocycles. The van der Waals surface area contributed by atoms with E-state index in [-0.39, 0.29) is 36.2 Å². The molecule has 0 saturated carbocycles. The second kappa shape index (κ2) is 15.6. The zero-order chi connectivity index (χ0) is 29.1. The van der Waals surface area contributed by atoms with Crippen LogP contribution in [-0.4, -0.2) is 59.7 Å². The highest BCUT2D eigenvalue weighted by Crippen LogP contribution is 2.31. The lowest BCUT2D eigenvalue weighted by molar-refractivity contribution is -0.144. The largest absolute Gasteiger partial charge is 0.350 e. The quantitative estimate of drug-likeness (QED) is 0.295. The molecule has 0 bridgehead atoms. The van der Waals surface area contributed by atoms with Gasteiger partial charge in [-0.2, -0.15) is 0 Å². The molecule has 2 saturated heterocycles. The van der Waals surface area contributed by atoms with Crippen LogP contribution in [0.5, 0.6) is 0 Å². The van der Waals surface area contributed by atoms with E-state index >= 15 is 0 Å². The molecular weight excluding hydrogens is 506 g/mol. The maximum atomic E-state index is 13.6. The molecule has 1 aromatic carbocycles. The smallest absolute Gasteiger partial charge is 0.248 e. The van der Waals surface area contributed by atoms with Gasteiger partial charge in [-0.15, -0.1) is 0 Å². The van der Waals surface area contributed by atoms with E-state index in [0.717, 1.165) is 50.5 Å². The van der Waals surface area contributed by atoms with Gasteiger partial charge in [0.15, 0.2) is 0 Å². The molecule has 40 heavy (non-hydrogen) atoms. The normalized spacial score (nSPS) is 22.6. The number of benzene rings is 1. The van der Waals surface area contributed by atoms with Crippen LogP contribution in [0.15, 0.2) is 36.4 Å². The lowest BCUT2D eigenvalue weighted by atomic mass is 9.98. The van der Waals surface area contributed by atoms with Crippen LogP contribution in [-0.2, 0) is 25.7 Å². The van der Waals surface area contributed by atoms with Crippen LogP contribution in [0.3, 0.4) is 0 Å². The number of anilines is 1. The van der Waals surface area contributed by atoms with E-state index in [1.54, 1.807) is 24.9 Å². The van der Waals surface area contributed by atoms with Crippen molar-refractivity contribution in [1.82, 2.24) is 20.9 Å². The maximum absolute atomic E-state index is 13.6. The first-order valence-electron chi connectivity index (χ1n) is 14.9. The molecule has 0 radical (unpaired) electrons. The first kappa shape index (κ1) is 31.3. The maximum Gasteiger partial charge on any atom is 0.248 e. The number of hydrogen-bond acceptors (Lipinski definition) is 5. The number of likely N-dealkylation sites (N-methyl/N-ethyl adjacent to an activating group) is 1. The van der Waals surface area contributed by atoms with Gasteiger partial charge >= 0.3 is 0 Å². The molecule has 2 heterocycles. The predicted octanol–water partition coefficient (Wildman–Crippen LogP) is 3.65. The summed E-state index contributed by atoms with van der Waals surface area (Å²) in [6.45, 7) is 6.38. The molecule has 0 spiro atoms. The van der Waals surface area contributed by atoms with E-state index in [0.29, 0.717) is 24.4 Å². The number of fused-ring (bicyclic) bond motifs is 1. The average Bonchev–Trinajstić information content (AvgIpc) is 3.35. The number of carbonyl (C=O) groups excluding carboxylic acids is 4. The highest BCUT2D eigenvalue weighted by molar-refractivity contribution is 5.99. The van der Waals surface area contributed by atoms with Crippen molar-refractivity contribution in [3.05, 3.63) is 42.0 Å². The lowest BCUT2D eigenvalue weighted by Gasteiger charge is -2.35. The molecule has 4 amide bonds. The van der Waals surface area contributed by atoms with Crippen molar-refractivity contribution in [2.75, 3.05) is 12.4 Å². The van der Waals surface area contributed by atoms with Gasteiger partial charge in [-0.3, -0.25) is 19.2 Å². The van der Waals surface area contributed by atoms with E-state index in [1.165, 1.54) is 0 Å². The Morgan fingerprint density at radius 1 is 1.10 bits per heavy atom. The fourth-order valence-electron chi connectivity index (χ4n) is 5.62. The molecule has 5 unspecified atom stereocenters. The Bertz CT molecular complexity index is 1060.